The van der Waals surface area contributed by atoms with Gasteiger partial charge < -0.3 is 14.9 Å². The first-order valence-electron chi connectivity index (χ1n) is 10.8. The van der Waals surface area contributed by atoms with Crippen molar-refractivity contribution in [2.24, 2.45) is 0 Å². The predicted octanol–water partition coefficient (Wildman–Crippen LogP) is 0.827. The van der Waals surface area contributed by atoms with Crippen LogP contribution in [0.4, 0.5) is 0 Å². The summed E-state index contributed by atoms with van der Waals surface area (Å²) in [5, 5.41) is 27.5. The van der Waals surface area contributed by atoms with E-state index in [4.69, 9.17) is 4.74 Å². The van der Waals surface area contributed by atoms with Crippen molar-refractivity contribution < 1.29 is 14.9 Å². The summed E-state index contributed by atoms with van der Waals surface area (Å²) in [6.07, 6.45) is 3.95. The zero-order valence-electron chi connectivity index (χ0n) is 17.8. The second-order valence-electron chi connectivity index (χ2n) is 8.05. The maximum absolute atomic E-state index is 12.4. The topological polar surface area (TPSA) is 135 Å². The number of aromatic amines is 1. The number of unbranched alkanes of at least 4 members (excludes halogenated alkanes) is 1. The van der Waals surface area contributed by atoms with E-state index in [1.165, 1.54) is 16.3 Å². The van der Waals surface area contributed by atoms with Gasteiger partial charge in [-0.3, -0.25) is 14.3 Å². The summed E-state index contributed by atoms with van der Waals surface area (Å²) in [4.78, 5) is 27.0. The Kier molecular flexibility index (Phi) is 6.63. The zero-order chi connectivity index (χ0) is 22.7. The van der Waals surface area contributed by atoms with E-state index in [9.17, 15) is 19.8 Å². The Morgan fingerprint density at radius 3 is 2.81 bits per heavy atom. The van der Waals surface area contributed by atoms with Crippen LogP contribution in [0.25, 0.3) is 11.3 Å². The smallest absolute Gasteiger partial charge is 0.330 e. The van der Waals surface area contributed by atoms with E-state index < -0.39 is 29.7 Å². The summed E-state index contributed by atoms with van der Waals surface area (Å²) < 4.78 is 8.38. The minimum Gasteiger partial charge on any atom is -0.394 e. The fourth-order valence-electron chi connectivity index (χ4n) is 3.88. The Morgan fingerprint density at radius 1 is 1.25 bits per heavy atom. The highest BCUT2D eigenvalue weighted by atomic mass is 16.5. The number of aliphatic hydroxyl groups excluding tert-OH is 2. The van der Waals surface area contributed by atoms with Gasteiger partial charge in [-0.15, -0.1) is 5.10 Å². The van der Waals surface area contributed by atoms with Gasteiger partial charge in [0.1, 0.15) is 18.0 Å². The molecule has 3 aromatic rings. The number of aromatic nitrogens is 5. The van der Waals surface area contributed by atoms with Crippen LogP contribution < -0.4 is 11.2 Å². The number of aliphatic hydroxyl groups is 2. The number of H-pyrrole nitrogens is 1. The zero-order valence-corrected chi connectivity index (χ0v) is 17.8. The van der Waals surface area contributed by atoms with Gasteiger partial charge in [-0.2, -0.15) is 0 Å². The van der Waals surface area contributed by atoms with Gasteiger partial charge in [0, 0.05) is 12.6 Å². The van der Waals surface area contributed by atoms with Crippen molar-refractivity contribution in [1.29, 1.82) is 0 Å². The molecule has 1 fully saturated rings. The maximum atomic E-state index is 12.4. The van der Waals surface area contributed by atoms with Crippen molar-refractivity contribution in [2.45, 2.75) is 57.6 Å². The summed E-state index contributed by atoms with van der Waals surface area (Å²) in [5.41, 5.74) is 1.59. The maximum Gasteiger partial charge on any atom is 0.330 e. The molecule has 3 N–H and O–H groups in total. The fourth-order valence-corrected chi connectivity index (χ4v) is 3.88. The summed E-state index contributed by atoms with van der Waals surface area (Å²) >= 11 is 0. The lowest BCUT2D eigenvalue weighted by atomic mass is 10.1. The van der Waals surface area contributed by atoms with Crippen LogP contribution in [0, 0.1) is 0 Å². The average Bonchev–Trinajstić information content (AvgIpc) is 3.39. The number of rotatable bonds is 8. The molecule has 0 spiro atoms. The van der Waals surface area contributed by atoms with E-state index >= 15 is 0 Å². The van der Waals surface area contributed by atoms with E-state index in [1.54, 1.807) is 10.9 Å². The van der Waals surface area contributed by atoms with E-state index in [0.717, 1.165) is 24.8 Å². The molecule has 1 saturated heterocycles. The van der Waals surface area contributed by atoms with Crippen LogP contribution in [-0.4, -0.2) is 53.6 Å². The number of nitrogens with zero attached hydrogens (tertiary/aromatic N) is 4. The number of benzene rings is 1. The molecule has 170 valence electrons. The molecule has 1 aromatic carbocycles. The van der Waals surface area contributed by atoms with Gasteiger partial charge in [-0.25, -0.2) is 9.48 Å². The molecular formula is C22H27N5O5. The van der Waals surface area contributed by atoms with Gasteiger partial charge in [0.2, 0.25) is 0 Å². The number of aryl methyl sites for hydroxylation is 1. The summed E-state index contributed by atoms with van der Waals surface area (Å²) in [7, 11) is 0. The van der Waals surface area contributed by atoms with E-state index in [0.29, 0.717) is 12.2 Å². The lowest BCUT2D eigenvalue weighted by Gasteiger charge is -2.14. The minimum absolute atomic E-state index is 0.123. The quantitative estimate of drug-likeness (QED) is 0.471. The minimum atomic E-state index is -0.902. The lowest BCUT2D eigenvalue weighted by Crippen LogP contribution is -2.33. The third kappa shape index (κ3) is 4.72. The van der Waals surface area contributed by atoms with Gasteiger partial charge in [0.25, 0.3) is 5.56 Å². The molecule has 0 unspecified atom stereocenters. The largest absolute Gasteiger partial charge is 0.394 e. The van der Waals surface area contributed by atoms with Crippen LogP contribution in [-0.2, 0) is 17.7 Å². The normalized spacial score (nSPS) is 20.7. The Labute approximate surface area is 184 Å². The molecule has 0 radical (unpaired) electrons. The molecule has 10 heteroatoms. The average molecular weight is 441 g/mol. The van der Waals surface area contributed by atoms with Gasteiger partial charge in [0.05, 0.1) is 31.0 Å². The highest BCUT2D eigenvalue weighted by Gasteiger charge is 2.35. The van der Waals surface area contributed by atoms with Crippen molar-refractivity contribution in [1.82, 2.24) is 24.5 Å². The van der Waals surface area contributed by atoms with Crippen molar-refractivity contribution in [3.8, 4) is 11.3 Å². The van der Waals surface area contributed by atoms with Crippen LogP contribution in [0.1, 0.15) is 43.5 Å². The molecule has 3 heterocycles. The molecule has 2 aromatic heterocycles. The number of ether oxygens (including phenoxy) is 1. The van der Waals surface area contributed by atoms with E-state index in [-0.39, 0.29) is 18.6 Å². The number of nitrogens with one attached hydrogen (secondary N) is 1. The summed E-state index contributed by atoms with van der Waals surface area (Å²) in [6, 6.07) is 8.29. The Balaban J connectivity index is 1.57. The summed E-state index contributed by atoms with van der Waals surface area (Å²) in [5.74, 6) is 0. The molecule has 3 atom stereocenters. The van der Waals surface area contributed by atoms with Crippen LogP contribution in [0.15, 0.2) is 46.2 Å². The second-order valence-corrected chi connectivity index (χ2v) is 8.05. The lowest BCUT2D eigenvalue weighted by molar-refractivity contribution is -0.0458. The first kappa shape index (κ1) is 22.1. The van der Waals surface area contributed by atoms with E-state index in [1.807, 2.05) is 12.1 Å². The van der Waals surface area contributed by atoms with Crippen LogP contribution >= 0.6 is 0 Å². The van der Waals surface area contributed by atoms with Gasteiger partial charge in [0.15, 0.2) is 0 Å². The molecule has 1 aliphatic heterocycles. The monoisotopic (exact) mass is 441 g/mol. The van der Waals surface area contributed by atoms with Crippen LogP contribution in [0.5, 0.6) is 0 Å². The van der Waals surface area contributed by atoms with Crippen molar-refractivity contribution in [2.75, 3.05) is 6.61 Å². The number of hydrogen-bond donors (Lipinski definition) is 3. The first-order valence-corrected chi connectivity index (χ1v) is 10.8. The van der Waals surface area contributed by atoms with Gasteiger partial charge in [-0.1, -0.05) is 42.8 Å². The van der Waals surface area contributed by atoms with Gasteiger partial charge in [-0.05, 0) is 24.0 Å². The fraction of sp³-hybridized carbons (Fsp3) is 0.455. The molecule has 0 amide bonds. The Bertz CT molecular complexity index is 1180. The van der Waals surface area contributed by atoms with Gasteiger partial charge >= 0.3 is 5.69 Å². The highest BCUT2D eigenvalue weighted by molar-refractivity contribution is 5.54. The molecule has 4 rings (SSSR count). The SMILES string of the molecule is CCCCc1cccc(Cn2cc(-c3cn([C@H]4C[C@H](O)[C@@H](CO)O4)c(=O)[nH]c3=O)nn2)c1. The molecule has 0 aliphatic carbocycles. The standard InChI is InChI=1S/C22H27N5O5/c1-2-3-5-14-6-4-7-15(8-14)10-26-12-17(24-25-26)16-11-27(22(31)23-21(16)30)20-9-18(29)19(13-28)32-20/h4,6-8,11-12,18-20,28-29H,2-3,5,9-10,13H2,1H3,(H,23,30,31)/t18-,19+,20+/m0/s1. The van der Waals surface area contributed by atoms with Crippen molar-refractivity contribution in [3.05, 3.63) is 68.6 Å². The predicted molar refractivity (Wildman–Crippen MR) is 116 cm³/mol. The first-order chi connectivity index (χ1) is 15.5. The van der Waals surface area contributed by atoms with Crippen LogP contribution in [0.2, 0.25) is 0 Å². The second kappa shape index (κ2) is 9.60. The summed E-state index contributed by atoms with van der Waals surface area (Å²) in [6.45, 7) is 2.30. The molecule has 1 aliphatic rings. The third-order valence-corrected chi connectivity index (χ3v) is 5.63. The molecular weight excluding hydrogens is 414 g/mol. The van der Waals surface area contributed by atoms with Crippen molar-refractivity contribution >= 4 is 0 Å². The number of hydrogen-bond acceptors (Lipinski definition) is 7. The molecule has 0 bridgehead atoms. The van der Waals surface area contributed by atoms with E-state index in [2.05, 4.69) is 34.4 Å². The van der Waals surface area contributed by atoms with Crippen molar-refractivity contribution in [3.63, 3.8) is 0 Å². The molecule has 10 nitrogen and oxygen atoms in total. The van der Waals surface area contributed by atoms with Crippen LogP contribution in [0.3, 0.4) is 0 Å². The highest BCUT2D eigenvalue weighted by Crippen LogP contribution is 2.27. The molecule has 32 heavy (non-hydrogen) atoms. The molecule has 0 saturated carbocycles. The third-order valence-electron chi connectivity index (χ3n) is 5.63. The Hall–Kier alpha value is -3.08. The Morgan fingerprint density at radius 2 is 2.06 bits per heavy atom.